The molecule has 1 aliphatic heterocycles. The number of nitrogens with one attached hydrogen (secondary N) is 1. The fraction of sp³-hybridized carbons (Fsp3) is 0.846. The Hall–Kier alpha value is -1.14. The van der Waals surface area contributed by atoms with E-state index in [9.17, 15) is 0 Å². The molecular formula is C13H25N5O. The summed E-state index contributed by atoms with van der Waals surface area (Å²) in [5.41, 5.74) is 5.88. The van der Waals surface area contributed by atoms with Gasteiger partial charge in [-0.15, -0.1) is 5.10 Å². The highest BCUT2D eigenvalue weighted by Gasteiger charge is 2.26. The minimum atomic E-state index is -0.233. The van der Waals surface area contributed by atoms with Gasteiger partial charge in [0.05, 0.1) is 5.60 Å². The van der Waals surface area contributed by atoms with Crippen LogP contribution in [0.3, 0.4) is 0 Å². The van der Waals surface area contributed by atoms with E-state index >= 15 is 0 Å². The monoisotopic (exact) mass is 267 g/mol. The average Bonchev–Trinajstić information content (AvgIpc) is 2.80. The van der Waals surface area contributed by atoms with E-state index in [4.69, 9.17) is 10.5 Å². The summed E-state index contributed by atoms with van der Waals surface area (Å²) in [5.74, 6) is 2.18. The first kappa shape index (κ1) is 14.3. The van der Waals surface area contributed by atoms with Crippen LogP contribution in [0.15, 0.2) is 0 Å². The zero-order chi connectivity index (χ0) is 14.0. The molecule has 19 heavy (non-hydrogen) atoms. The number of rotatable bonds is 4. The van der Waals surface area contributed by atoms with Crippen LogP contribution in [0.4, 0.5) is 5.95 Å². The van der Waals surface area contributed by atoms with Crippen LogP contribution in [-0.2, 0) is 11.2 Å². The Morgan fingerprint density at radius 2 is 2.26 bits per heavy atom. The van der Waals surface area contributed by atoms with Crippen molar-refractivity contribution in [3.8, 4) is 0 Å². The van der Waals surface area contributed by atoms with E-state index in [1.165, 1.54) is 0 Å². The third-order valence-electron chi connectivity index (χ3n) is 3.96. The molecule has 6 heteroatoms. The predicted molar refractivity (Wildman–Crippen MR) is 75.1 cm³/mol. The summed E-state index contributed by atoms with van der Waals surface area (Å²) >= 11 is 0. The molecule has 1 saturated heterocycles. The van der Waals surface area contributed by atoms with Crippen LogP contribution in [0.25, 0.3) is 0 Å². The molecule has 1 aromatic rings. The number of hydrogen-bond acceptors (Lipinski definition) is 5. The Labute approximate surface area is 114 Å². The smallest absolute Gasteiger partial charge is 0.244 e. The fourth-order valence-corrected chi connectivity index (χ4v) is 2.26. The molecule has 2 rings (SSSR count). The van der Waals surface area contributed by atoms with Gasteiger partial charge < -0.3 is 15.4 Å². The highest BCUT2D eigenvalue weighted by Crippen LogP contribution is 2.20. The van der Waals surface area contributed by atoms with Crippen LogP contribution in [0.2, 0.25) is 0 Å². The number of piperidine rings is 1. The van der Waals surface area contributed by atoms with Gasteiger partial charge in [0.2, 0.25) is 5.95 Å². The molecular weight excluding hydrogens is 242 g/mol. The summed E-state index contributed by atoms with van der Waals surface area (Å²) in [4.78, 5) is 6.71. The van der Waals surface area contributed by atoms with Gasteiger partial charge in [-0.3, -0.25) is 5.10 Å². The van der Waals surface area contributed by atoms with Crippen LogP contribution in [0.1, 0.15) is 33.0 Å². The summed E-state index contributed by atoms with van der Waals surface area (Å²) < 4.78 is 5.41. The largest absolute Gasteiger partial charge is 0.378 e. The normalized spacial score (nSPS) is 24.8. The summed E-state index contributed by atoms with van der Waals surface area (Å²) in [7, 11) is 1.71. The Bertz CT molecular complexity index is 417. The Morgan fingerprint density at radius 3 is 2.89 bits per heavy atom. The van der Waals surface area contributed by atoms with Gasteiger partial charge in [-0.25, -0.2) is 0 Å². The molecule has 0 aromatic carbocycles. The summed E-state index contributed by atoms with van der Waals surface area (Å²) in [5, 5.41) is 7.29. The van der Waals surface area contributed by atoms with Crippen LogP contribution in [0, 0.1) is 5.92 Å². The van der Waals surface area contributed by atoms with Crippen molar-refractivity contribution in [1.82, 2.24) is 15.2 Å². The van der Waals surface area contributed by atoms with Gasteiger partial charge in [0.15, 0.2) is 0 Å². The lowest BCUT2D eigenvalue weighted by Gasteiger charge is -2.34. The van der Waals surface area contributed by atoms with Crippen molar-refractivity contribution in [3.63, 3.8) is 0 Å². The molecule has 2 atom stereocenters. The lowest BCUT2D eigenvalue weighted by atomic mass is 9.95. The van der Waals surface area contributed by atoms with Crippen molar-refractivity contribution in [3.05, 3.63) is 5.82 Å². The molecule has 6 nitrogen and oxygen atoms in total. The number of nitrogens with zero attached hydrogens (tertiary/aromatic N) is 3. The molecule has 0 aliphatic carbocycles. The minimum Gasteiger partial charge on any atom is -0.378 e. The third kappa shape index (κ3) is 3.45. The number of nitrogens with two attached hydrogens (primary N) is 1. The van der Waals surface area contributed by atoms with E-state index in [2.05, 4.69) is 27.0 Å². The van der Waals surface area contributed by atoms with Gasteiger partial charge in [0.25, 0.3) is 0 Å². The van der Waals surface area contributed by atoms with Crippen LogP contribution < -0.4 is 10.6 Å². The average molecular weight is 267 g/mol. The second-order valence-electron chi connectivity index (χ2n) is 6.10. The molecule has 1 aliphatic rings. The quantitative estimate of drug-likeness (QED) is 0.849. The molecule has 0 radical (unpaired) electrons. The van der Waals surface area contributed by atoms with Crippen molar-refractivity contribution in [2.24, 2.45) is 11.7 Å². The van der Waals surface area contributed by atoms with E-state index in [-0.39, 0.29) is 11.6 Å². The lowest BCUT2D eigenvalue weighted by molar-refractivity contribution is 0.0216. The minimum absolute atomic E-state index is 0.200. The Balaban J connectivity index is 2.01. The number of anilines is 1. The molecule has 0 amide bonds. The first-order chi connectivity index (χ1) is 8.91. The van der Waals surface area contributed by atoms with Crippen molar-refractivity contribution < 1.29 is 4.74 Å². The number of hydrogen-bond donors (Lipinski definition) is 2. The van der Waals surface area contributed by atoms with E-state index in [0.29, 0.717) is 12.3 Å². The predicted octanol–water partition coefficient (Wildman–Crippen LogP) is 0.946. The van der Waals surface area contributed by atoms with Crippen LogP contribution >= 0.6 is 0 Å². The lowest BCUT2D eigenvalue weighted by Crippen LogP contribution is -2.48. The second-order valence-corrected chi connectivity index (χ2v) is 6.10. The first-order valence-corrected chi connectivity index (χ1v) is 6.88. The van der Waals surface area contributed by atoms with Gasteiger partial charge in [0, 0.05) is 32.7 Å². The first-order valence-electron chi connectivity index (χ1n) is 6.88. The summed E-state index contributed by atoms with van der Waals surface area (Å²) in [6.45, 7) is 8.07. The zero-order valence-corrected chi connectivity index (χ0v) is 12.3. The fourth-order valence-electron chi connectivity index (χ4n) is 2.26. The molecule has 2 unspecified atom stereocenters. The molecule has 3 N–H and O–H groups in total. The van der Waals surface area contributed by atoms with Crippen molar-refractivity contribution in [2.75, 3.05) is 25.1 Å². The van der Waals surface area contributed by atoms with E-state index in [0.717, 1.165) is 31.3 Å². The number of methoxy groups -OCH3 is 1. The zero-order valence-electron chi connectivity index (χ0n) is 12.3. The number of aromatic nitrogens is 3. The van der Waals surface area contributed by atoms with E-state index in [1.807, 2.05) is 13.8 Å². The maximum atomic E-state index is 6.11. The van der Waals surface area contributed by atoms with Crippen molar-refractivity contribution in [1.29, 1.82) is 0 Å². The van der Waals surface area contributed by atoms with E-state index < -0.39 is 0 Å². The van der Waals surface area contributed by atoms with Crippen LogP contribution in [0.5, 0.6) is 0 Å². The molecule has 0 spiro atoms. The number of H-pyrrole nitrogens is 1. The van der Waals surface area contributed by atoms with Gasteiger partial charge in [-0.1, -0.05) is 6.92 Å². The molecule has 0 bridgehead atoms. The SMILES string of the molecule is COC(C)(C)Cc1nc(N2CCC(C)C(N)C2)n[nH]1. The Morgan fingerprint density at radius 1 is 1.53 bits per heavy atom. The number of ether oxygens (including phenoxy) is 1. The van der Waals surface area contributed by atoms with Gasteiger partial charge in [-0.2, -0.15) is 4.98 Å². The standard InChI is InChI=1S/C13H25N5O/c1-9-5-6-18(8-10(9)14)12-15-11(16-17-12)7-13(2,3)19-4/h9-10H,5-8,14H2,1-4H3,(H,15,16,17). The van der Waals surface area contributed by atoms with Gasteiger partial charge in [0.1, 0.15) is 5.82 Å². The number of aromatic amines is 1. The third-order valence-corrected chi connectivity index (χ3v) is 3.96. The van der Waals surface area contributed by atoms with Crippen LogP contribution in [-0.4, -0.2) is 47.0 Å². The Kier molecular flexibility index (Phi) is 4.10. The van der Waals surface area contributed by atoms with Crippen molar-refractivity contribution >= 4 is 5.95 Å². The highest BCUT2D eigenvalue weighted by atomic mass is 16.5. The second kappa shape index (κ2) is 5.46. The molecule has 2 heterocycles. The van der Waals surface area contributed by atoms with E-state index in [1.54, 1.807) is 7.11 Å². The molecule has 0 saturated carbocycles. The summed E-state index contributed by atoms with van der Waals surface area (Å²) in [6.07, 6.45) is 1.81. The van der Waals surface area contributed by atoms with Crippen molar-refractivity contribution in [2.45, 2.75) is 45.3 Å². The topological polar surface area (TPSA) is 80.1 Å². The molecule has 1 aromatic heterocycles. The molecule has 108 valence electrons. The maximum absolute atomic E-state index is 6.11. The molecule has 1 fully saturated rings. The maximum Gasteiger partial charge on any atom is 0.244 e. The van der Waals surface area contributed by atoms with Gasteiger partial charge in [-0.05, 0) is 26.2 Å². The highest BCUT2D eigenvalue weighted by molar-refractivity contribution is 5.30. The summed E-state index contributed by atoms with van der Waals surface area (Å²) in [6, 6.07) is 0.200. The van der Waals surface area contributed by atoms with Gasteiger partial charge >= 0.3 is 0 Å².